The van der Waals surface area contributed by atoms with Crippen LogP contribution in [0.5, 0.6) is 0 Å². The highest BCUT2D eigenvalue weighted by Crippen LogP contribution is 2.22. The summed E-state index contributed by atoms with van der Waals surface area (Å²) in [6, 6.07) is 9.81. The molecule has 3 nitrogen and oxygen atoms in total. The van der Waals surface area contributed by atoms with E-state index in [1.807, 2.05) is 58.0 Å². The van der Waals surface area contributed by atoms with Crippen molar-refractivity contribution < 1.29 is 9.90 Å². The van der Waals surface area contributed by atoms with E-state index in [9.17, 15) is 9.90 Å². The monoisotopic (exact) mass is 263 g/mol. The molecule has 106 valence electrons. The molecule has 2 N–H and O–H groups in total. The normalized spacial score (nSPS) is 13.4. The van der Waals surface area contributed by atoms with Crippen LogP contribution in [0.2, 0.25) is 0 Å². The average Bonchev–Trinajstić information content (AvgIpc) is 2.35. The Balaban J connectivity index is 2.68. The summed E-state index contributed by atoms with van der Waals surface area (Å²) >= 11 is 0. The molecule has 0 spiro atoms. The van der Waals surface area contributed by atoms with Gasteiger partial charge in [0.25, 0.3) is 0 Å². The second-order valence-corrected chi connectivity index (χ2v) is 6.05. The van der Waals surface area contributed by atoms with E-state index in [4.69, 9.17) is 0 Å². The molecular weight excluding hydrogens is 238 g/mol. The van der Waals surface area contributed by atoms with Crippen molar-refractivity contribution in [3.8, 4) is 0 Å². The standard InChI is InChI=1S/C16H25NO2/c1-12(2)14(11-18)17-15(19)16(3,4)10-13-8-6-5-7-9-13/h5-9,12,14,18H,10-11H2,1-4H3,(H,17,19)/t14-/m1/s1. The van der Waals surface area contributed by atoms with Crippen molar-refractivity contribution >= 4 is 5.91 Å². The second-order valence-electron chi connectivity index (χ2n) is 6.05. The van der Waals surface area contributed by atoms with Crippen LogP contribution >= 0.6 is 0 Å². The lowest BCUT2D eigenvalue weighted by atomic mass is 9.84. The average molecular weight is 263 g/mol. The van der Waals surface area contributed by atoms with Crippen molar-refractivity contribution in [1.82, 2.24) is 5.32 Å². The Bertz CT molecular complexity index is 398. The van der Waals surface area contributed by atoms with E-state index >= 15 is 0 Å². The van der Waals surface area contributed by atoms with Gasteiger partial charge in [0.2, 0.25) is 5.91 Å². The van der Waals surface area contributed by atoms with E-state index in [0.29, 0.717) is 6.42 Å². The number of rotatable bonds is 6. The summed E-state index contributed by atoms with van der Waals surface area (Å²) in [5.74, 6) is 0.213. The fraction of sp³-hybridized carbons (Fsp3) is 0.562. The van der Waals surface area contributed by atoms with Gasteiger partial charge in [-0.05, 0) is 17.9 Å². The van der Waals surface area contributed by atoms with Crippen LogP contribution in [-0.2, 0) is 11.2 Å². The first kappa shape index (κ1) is 15.7. The molecule has 3 heteroatoms. The Labute approximate surface area is 116 Å². The van der Waals surface area contributed by atoms with Crippen LogP contribution in [0.4, 0.5) is 0 Å². The molecule has 0 unspecified atom stereocenters. The van der Waals surface area contributed by atoms with Crippen LogP contribution in [0, 0.1) is 11.3 Å². The smallest absolute Gasteiger partial charge is 0.226 e. The molecule has 1 atom stereocenters. The van der Waals surface area contributed by atoms with Crippen LogP contribution < -0.4 is 5.32 Å². The number of hydrogen-bond donors (Lipinski definition) is 2. The lowest BCUT2D eigenvalue weighted by Gasteiger charge is -2.28. The van der Waals surface area contributed by atoms with E-state index in [2.05, 4.69) is 5.32 Å². The number of amides is 1. The first-order valence-corrected chi connectivity index (χ1v) is 6.82. The molecule has 1 amide bonds. The molecule has 1 aromatic carbocycles. The molecule has 0 saturated carbocycles. The lowest BCUT2D eigenvalue weighted by molar-refractivity contribution is -0.130. The summed E-state index contributed by atoms with van der Waals surface area (Å²) in [5.41, 5.74) is 0.664. The minimum absolute atomic E-state index is 0.0101. The van der Waals surface area contributed by atoms with Crippen LogP contribution in [0.25, 0.3) is 0 Å². The van der Waals surface area contributed by atoms with Gasteiger partial charge in [0.1, 0.15) is 0 Å². The van der Waals surface area contributed by atoms with E-state index in [1.54, 1.807) is 0 Å². The maximum Gasteiger partial charge on any atom is 0.226 e. The maximum atomic E-state index is 12.3. The fourth-order valence-electron chi connectivity index (χ4n) is 1.97. The first-order valence-electron chi connectivity index (χ1n) is 6.82. The Morgan fingerprint density at radius 1 is 1.26 bits per heavy atom. The number of aliphatic hydroxyl groups is 1. The summed E-state index contributed by atoms with van der Waals surface area (Å²) in [6.07, 6.45) is 0.690. The third kappa shape index (κ3) is 4.67. The highest BCUT2D eigenvalue weighted by molar-refractivity contribution is 5.82. The van der Waals surface area contributed by atoms with Gasteiger partial charge in [-0.1, -0.05) is 58.0 Å². The topological polar surface area (TPSA) is 49.3 Å². The number of aliphatic hydroxyl groups excluding tert-OH is 1. The molecule has 0 saturated heterocycles. The zero-order valence-corrected chi connectivity index (χ0v) is 12.3. The summed E-state index contributed by atoms with van der Waals surface area (Å²) in [6.45, 7) is 7.83. The van der Waals surface area contributed by atoms with Crippen LogP contribution in [0.3, 0.4) is 0 Å². The summed E-state index contributed by atoms with van der Waals surface area (Å²) in [4.78, 5) is 12.3. The van der Waals surface area contributed by atoms with Gasteiger partial charge in [-0.15, -0.1) is 0 Å². The molecule has 1 aromatic rings. The molecule has 0 aliphatic carbocycles. The molecule has 19 heavy (non-hydrogen) atoms. The van der Waals surface area contributed by atoms with Crippen molar-refractivity contribution in [2.75, 3.05) is 6.61 Å². The van der Waals surface area contributed by atoms with Crippen molar-refractivity contribution in [2.24, 2.45) is 11.3 Å². The van der Waals surface area contributed by atoms with Gasteiger partial charge in [-0.3, -0.25) is 4.79 Å². The highest BCUT2D eigenvalue weighted by atomic mass is 16.3. The van der Waals surface area contributed by atoms with Crippen LogP contribution in [-0.4, -0.2) is 23.7 Å². The molecule has 0 bridgehead atoms. The van der Waals surface area contributed by atoms with Gasteiger partial charge in [0.05, 0.1) is 12.6 Å². The first-order chi connectivity index (χ1) is 8.86. The maximum absolute atomic E-state index is 12.3. The zero-order chi connectivity index (χ0) is 14.5. The highest BCUT2D eigenvalue weighted by Gasteiger charge is 2.30. The third-order valence-electron chi connectivity index (χ3n) is 3.42. The molecule has 0 aliphatic rings. The molecule has 0 fully saturated rings. The Morgan fingerprint density at radius 2 is 1.84 bits per heavy atom. The number of carbonyl (C=O) groups is 1. The fourth-order valence-corrected chi connectivity index (χ4v) is 1.97. The van der Waals surface area contributed by atoms with Gasteiger partial charge in [0, 0.05) is 5.41 Å². The summed E-state index contributed by atoms with van der Waals surface area (Å²) in [7, 11) is 0. The van der Waals surface area contributed by atoms with Gasteiger partial charge in [-0.2, -0.15) is 0 Å². The van der Waals surface area contributed by atoms with Crippen molar-refractivity contribution in [1.29, 1.82) is 0 Å². The zero-order valence-electron chi connectivity index (χ0n) is 12.3. The Morgan fingerprint density at radius 3 is 2.32 bits per heavy atom. The molecule has 0 heterocycles. The minimum atomic E-state index is -0.482. The molecule has 0 aliphatic heterocycles. The second kappa shape index (κ2) is 6.71. The molecule has 0 radical (unpaired) electrons. The Hall–Kier alpha value is -1.35. The van der Waals surface area contributed by atoms with Crippen molar-refractivity contribution in [3.63, 3.8) is 0 Å². The van der Waals surface area contributed by atoms with Gasteiger partial charge < -0.3 is 10.4 Å². The van der Waals surface area contributed by atoms with Crippen molar-refractivity contribution in [2.45, 2.75) is 40.2 Å². The van der Waals surface area contributed by atoms with Gasteiger partial charge >= 0.3 is 0 Å². The lowest BCUT2D eigenvalue weighted by Crippen LogP contribution is -2.47. The van der Waals surface area contributed by atoms with Crippen LogP contribution in [0.15, 0.2) is 30.3 Å². The van der Waals surface area contributed by atoms with E-state index in [-0.39, 0.29) is 24.5 Å². The third-order valence-corrected chi connectivity index (χ3v) is 3.42. The SMILES string of the molecule is CC(C)[C@@H](CO)NC(=O)C(C)(C)Cc1ccccc1. The number of nitrogens with one attached hydrogen (secondary N) is 1. The Kier molecular flexibility index (Phi) is 5.55. The summed E-state index contributed by atoms with van der Waals surface area (Å²) < 4.78 is 0. The van der Waals surface area contributed by atoms with E-state index in [1.165, 1.54) is 0 Å². The molecule has 1 rings (SSSR count). The summed E-state index contributed by atoms with van der Waals surface area (Å²) in [5, 5.41) is 12.2. The largest absolute Gasteiger partial charge is 0.394 e. The minimum Gasteiger partial charge on any atom is -0.394 e. The van der Waals surface area contributed by atoms with E-state index in [0.717, 1.165) is 5.56 Å². The number of benzene rings is 1. The predicted octanol–water partition coefficient (Wildman–Crippen LogP) is 2.39. The quantitative estimate of drug-likeness (QED) is 0.828. The van der Waals surface area contributed by atoms with Crippen molar-refractivity contribution in [3.05, 3.63) is 35.9 Å². The van der Waals surface area contributed by atoms with E-state index < -0.39 is 5.41 Å². The number of carbonyl (C=O) groups excluding carboxylic acids is 1. The van der Waals surface area contributed by atoms with Gasteiger partial charge in [0.15, 0.2) is 0 Å². The predicted molar refractivity (Wildman–Crippen MR) is 77.8 cm³/mol. The van der Waals surface area contributed by atoms with Gasteiger partial charge in [-0.25, -0.2) is 0 Å². The molecular formula is C16H25NO2. The van der Waals surface area contributed by atoms with Crippen LogP contribution in [0.1, 0.15) is 33.3 Å². The number of hydrogen-bond acceptors (Lipinski definition) is 2. The molecule has 0 aromatic heterocycles.